The van der Waals surface area contributed by atoms with Gasteiger partial charge in [-0.1, -0.05) is 0 Å². The Morgan fingerprint density at radius 2 is 2.11 bits per heavy atom. The zero-order valence-electron chi connectivity index (χ0n) is 11.4. The van der Waals surface area contributed by atoms with Gasteiger partial charge in [-0.15, -0.1) is 0 Å². The minimum atomic E-state index is 0.226. The van der Waals surface area contributed by atoms with E-state index in [1.54, 1.807) is 0 Å². The number of amides is 1. The average molecular weight is 262 g/mol. The summed E-state index contributed by atoms with van der Waals surface area (Å²) in [6.07, 6.45) is 4.13. The van der Waals surface area contributed by atoms with E-state index in [4.69, 9.17) is 5.73 Å². The van der Waals surface area contributed by atoms with Gasteiger partial charge in [0.2, 0.25) is 5.91 Å². The lowest BCUT2D eigenvalue weighted by atomic mass is 10.3. The molecule has 19 heavy (non-hydrogen) atoms. The maximum Gasteiger partial charge on any atom is 0.223 e. The van der Waals surface area contributed by atoms with E-state index in [-0.39, 0.29) is 5.91 Å². The van der Waals surface area contributed by atoms with Crippen LogP contribution in [0.3, 0.4) is 0 Å². The number of nitrogens with one attached hydrogen (secondary N) is 2. The maximum atomic E-state index is 11.4. The van der Waals surface area contributed by atoms with E-state index >= 15 is 0 Å². The molecule has 0 aliphatic heterocycles. The number of carbonyl (C=O) groups is 1. The monoisotopic (exact) mass is 262 g/mol. The predicted octanol–water partition coefficient (Wildman–Crippen LogP) is 1.69. The number of aryl methyl sites for hydroxylation is 1. The molecule has 1 aromatic rings. The van der Waals surface area contributed by atoms with Crippen LogP contribution in [0, 0.1) is 12.8 Å². The minimum Gasteiger partial charge on any atom is -0.397 e. The van der Waals surface area contributed by atoms with Gasteiger partial charge in [0.05, 0.1) is 11.4 Å². The van der Waals surface area contributed by atoms with E-state index in [0.717, 1.165) is 50.3 Å². The summed E-state index contributed by atoms with van der Waals surface area (Å²) < 4.78 is 0. The normalized spacial score (nSPS) is 14.2. The summed E-state index contributed by atoms with van der Waals surface area (Å²) in [5, 5.41) is 6.22. The van der Waals surface area contributed by atoms with E-state index in [2.05, 4.69) is 15.6 Å². The van der Waals surface area contributed by atoms with Gasteiger partial charge in [0, 0.05) is 19.0 Å². The molecule has 1 aromatic heterocycles. The van der Waals surface area contributed by atoms with Crippen molar-refractivity contribution in [2.75, 3.05) is 24.1 Å². The Bertz CT molecular complexity index is 443. The number of nitrogen functional groups attached to an aromatic ring is 1. The number of anilines is 2. The summed E-state index contributed by atoms with van der Waals surface area (Å²) >= 11 is 0. The molecule has 0 aromatic carbocycles. The van der Waals surface area contributed by atoms with Crippen molar-refractivity contribution in [3.8, 4) is 0 Å². The third-order valence-electron chi connectivity index (χ3n) is 3.28. The summed E-state index contributed by atoms with van der Waals surface area (Å²) in [6, 6.07) is 3.75. The molecule has 1 aliphatic rings. The Balaban J connectivity index is 1.56. The summed E-state index contributed by atoms with van der Waals surface area (Å²) in [6.45, 7) is 3.52. The molecule has 0 atom stereocenters. The summed E-state index contributed by atoms with van der Waals surface area (Å²) in [5.41, 5.74) is 7.28. The molecular formula is C14H22N4O. The van der Waals surface area contributed by atoms with Crippen molar-refractivity contribution in [1.82, 2.24) is 10.3 Å². The molecule has 0 unspecified atom stereocenters. The Morgan fingerprint density at radius 1 is 1.37 bits per heavy atom. The van der Waals surface area contributed by atoms with Crippen molar-refractivity contribution >= 4 is 17.4 Å². The summed E-state index contributed by atoms with van der Waals surface area (Å²) in [4.78, 5) is 15.7. The van der Waals surface area contributed by atoms with Crippen LogP contribution in [0.4, 0.5) is 11.5 Å². The van der Waals surface area contributed by atoms with Gasteiger partial charge in [0.25, 0.3) is 0 Å². The molecule has 1 aliphatic carbocycles. The van der Waals surface area contributed by atoms with Gasteiger partial charge >= 0.3 is 0 Å². The fourth-order valence-electron chi connectivity index (χ4n) is 1.84. The number of carbonyl (C=O) groups excluding carboxylic acids is 1. The Kier molecular flexibility index (Phi) is 4.60. The van der Waals surface area contributed by atoms with Crippen LogP contribution >= 0.6 is 0 Å². The van der Waals surface area contributed by atoms with Crippen LogP contribution < -0.4 is 16.4 Å². The molecule has 4 N–H and O–H groups in total. The second kappa shape index (κ2) is 6.41. The number of aromatic nitrogens is 1. The second-order valence-corrected chi connectivity index (χ2v) is 5.07. The first kappa shape index (κ1) is 13.6. The van der Waals surface area contributed by atoms with E-state index in [1.807, 2.05) is 19.1 Å². The molecular weight excluding hydrogens is 240 g/mol. The van der Waals surface area contributed by atoms with Crippen molar-refractivity contribution in [2.24, 2.45) is 5.92 Å². The van der Waals surface area contributed by atoms with Gasteiger partial charge in [-0.3, -0.25) is 4.79 Å². The molecule has 1 fully saturated rings. The molecule has 1 amide bonds. The number of hydrogen-bond donors (Lipinski definition) is 3. The van der Waals surface area contributed by atoms with Crippen LogP contribution in [0.1, 0.15) is 31.4 Å². The van der Waals surface area contributed by atoms with Crippen molar-refractivity contribution in [3.05, 3.63) is 17.8 Å². The smallest absolute Gasteiger partial charge is 0.223 e. The third-order valence-corrected chi connectivity index (χ3v) is 3.28. The van der Waals surface area contributed by atoms with Gasteiger partial charge in [0.15, 0.2) is 0 Å². The van der Waals surface area contributed by atoms with Gasteiger partial charge in [-0.05, 0) is 44.7 Å². The number of nitrogens with two attached hydrogens (primary N) is 1. The highest BCUT2D eigenvalue weighted by molar-refractivity contribution is 5.80. The van der Waals surface area contributed by atoms with E-state index in [9.17, 15) is 4.79 Å². The lowest BCUT2D eigenvalue weighted by Gasteiger charge is -2.08. The number of nitrogens with zero attached hydrogens (tertiary/aromatic N) is 1. The molecule has 5 nitrogen and oxygen atoms in total. The summed E-state index contributed by atoms with van der Waals surface area (Å²) in [5.74, 6) is 1.39. The summed E-state index contributed by atoms with van der Waals surface area (Å²) in [7, 11) is 0. The Morgan fingerprint density at radius 3 is 2.79 bits per heavy atom. The molecule has 2 rings (SSSR count). The quantitative estimate of drug-likeness (QED) is 0.653. The highest BCUT2D eigenvalue weighted by Crippen LogP contribution is 2.28. The van der Waals surface area contributed by atoms with Crippen LogP contribution in [-0.4, -0.2) is 24.0 Å². The first-order valence-corrected chi connectivity index (χ1v) is 6.91. The lowest BCUT2D eigenvalue weighted by molar-refractivity contribution is -0.122. The van der Waals surface area contributed by atoms with Crippen molar-refractivity contribution in [1.29, 1.82) is 0 Å². The van der Waals surface area contributed by atoms with Crippen LogP contribution in [0.5, 0.6) is 0 Å². The fraction of sp³-hybridized carbons (Fsp3) is 0.571. The molecule has 5 heteroatoms. The minimum absolute atomic E-state index is 0.226. The fourth-order valence-corrected chi connectivity index (χ4v) is 1.84. The standard InChI is InChI=1S/C14H22N4O/c1-10-12(15)6-7-13(18-10)16-8-2-3-9-17-14(19)11-4-5-11/h6-7,11H,2-5,8-9,15H2,1H3,(H,16,18)(H,17,19). The zero-order chi connectivity index (χ0) is 13.7. The van der Waals surface area contributed by atoms with Crippen molar-refractivity contribution in [3.63, 3.8) is 0 Å². The number of unbranched alkanes of at least 4 members (excludes halogenated alkanes) is 1. The van der Waals surface area contributed by atoms with Crippen LogP contribution in [-0.2, 0) is 4.79 Å². The Hall–Kier alpha value is -1.78. The molecule has 0 bridgehead atoms. The predicted molar refractivity (Wildman–Crippen MR) is 76.8 cm³/mol. The molecule has 104 valence electrons. The van der Waals surface area contributed by atoms with Crippen LogP contribution in [0.15, 0.2) is 12.1 Å². The molecule has 0 radical (unpaired) electrons. The highest BCUT2D eigenvalue weighted by Gasteiger charge is 2.28. The first-order valence-electron chi connectivity index (χ1n) is 6.91. The number of pyridine rings is 1. The molecule has 0 spiro atoms. The van der Waals surface area contributed by atoms with E-state index in [0.29, 0.717) is 11.6 Å². The number of hydrogen-bond acceptors (Lipinski definition) is 4. The van der Waals surface area contributed by atoms with Gasteiger partial charge in [-0.2, -0.15) is 0 Å². The topological polar surface area (TPSA) is 80.0 Å². The van der Waals surface area contributed by atoms with Crippen molar-refractivity contribution < 1.29 is 4.79 Å². The average Bonchev–Trinajstić information content (AvgIpc) is 3.21. The van der Waals surface area contributed by atoms with Crippen LogP contribution in [0.2, 0.25) is 0 Å². The largest absolute Gasteiger partial charge is 0.397 e. The molecule has 1 saturated carbocycles. The second-order valence-electron chi connectivity index (χ2n) is 5.07. The number of rotatable bonds is 7. The maximum absolute atomic E-state index is 11.4. The van der Waals surface area contributed by atoms with Gasteiger partial charge < -0.3 is 16.4 Å². The van der Waals surface area contributed by atoms with E-state index < -0.39 is 0 Å². The van der Waals surface area contributed by atoms with Gasteiger partial charge in [-0.25, -0.2) is 4.98 Å². The van der Waals surface area contributed by atoms with Gasteiger partial charge in [0.1, 0.15) is 5.82 Å². The lowest BCUT2D eigenvalue weighted by Crippen LogP contribution is -2.26. The third kappa shape index (κ3) is 4.43. The van der Waals surface area contributed by atoms with Crippen LogP contribution in [0.25, 0.3) is 0 Å². The Labute approximate surface area is 114 Å². The zero-order valence-corrected chi connectivity index (χ0v) is 11.4. The van der Waals surface area contributed by atoms with E-state index in [1.165, 1.54) is 0 Å². The molecule has 1 heterocycles. The highest BCUT2D eigenvalue weighted by atomic mass is 16.2. The molecule has 0 saturated heterocycles. The van der Waals surface area contributed by atoms with Crippen molar-refractivity contribution in [2.45, 2.75) is 32.6 Å². The first-order chi connectivity index (χ1) is 9.16. The SMILES string of the molecule is Cc1nc(NCCCCNC(=O)C2CC2)ccc1N.